The van der Waals surface area contributed by atoms with E-state index in [-0.39, 0.29) is 5.91 Å². The number of rotatable bonds is 2. The number of likely N-dealkylation sites (tertiary alicyclic amines) is 2. The molecule has 2 saturated heterocycles. The molecule has 4 heteroatoms. The third-order valence-corrected chi connectivity index (χ3v) is 5.58. The summed E-state index contributed by atoms with van der Waals surface area (Å²) in [7, 11) is 0. The normalized spacial score (nSPS) is 20.6. The third-order valence-electron chi connectivity index (χ3n) is 5.12. The lowest BCUT2D eigenvalue weighted by atomic mass is 9.98. The molecule has 0 unspecified atom stereocenters. The minimum atomic E-state index is 0.211. The van der Waals surface area contributed by atoms with Gasteiger partial charge in [0.15, 0.2) is 0 Å². The fourth-order valence-corrected chi connectivity index (χ4v) is 4.63. The highest BCUT2D eigenvalue weighted by Crippen LogP contribution is 2.25. The van der Waals surface area contributed by atoms with E-state index in [1.807, 2.05) is 26.0 Å². The maximum atomic E-state index is 12.9. The van der Waals surface area contributed by atoms with Crippen LogP contribution in [0.15, 0.2) is 16.6 Å². The lowest BCUT2D eigenvalue weighted by molar-refractivity contribution is 0.0643. The van der Waals surface area contributed by atoms with Gasteiger partial charge in [-0.3, -0.25) is 4.79 Å². The van der Waals surface area contributed by atoms with Gasteiger partial charge in [-0.25, -0.2) is 0 Å². The average molecular weight is 365 g/mol. The van der Waals surface area contributed by atoms with Crippen molar-refractivity contribution in [3.8, 4) is 0 Å². The van der Waals surface area contributed by atoms with Gasteiger partial charge in [-0.05, 0) is 75.9 Å². The molecule has 2 fully saturated rings. The largest absolute Gasteiger partial charge is 0.339 e. The van der Waals surface area contributed by atoms with Gasteiger partial charge in [0.05, 0.1) is 0 Å². The molecule has 0 N–H and O–H groups in total. The highest BCUT2D eigenvalue weighted by Gasteiger charge is 2.29. The Morgan fingerprint density at radius 1 is 1.05 bits per heavy atom. The van der Waals surface area contributed by atoms with Crippen molar-refractivity contribution < 1.29 is 4.79 Å². The van der Waals surface area contributed by atoms with Crippen LogP contribution < -0.4 is 0 Å². The Morgan fingerprint density at radius 2 is 1.59 bits per heavy atom. The highest BCUT2D eigenvalue weighted by atomic mass is 79.9. The van der Waals surface area contributed by atoms with Crippen molar-refractivity contribution in [2.24, 2.45) is 0 Å². The second kappa shape index (κ2) is 6.71. The maximum Gasteiger partial charge on any atom is 0.254 e. The van der Waals surface area contributed by atoms with Gasteiger partial charge in [-0.15, -0.1) is 0 Å². The van der Waals surface area contributed by atoms with Crippen LogP contribution in [0, 0.1) is 13.8 Å². The molecule has 3 nitrogen and oxygen atoms in total. The Kier molecular flexibility index (Phi) is 4.88. The summed E-state index contributed by atoms with van der Waals surface area (Å²) in [5.74, 6) is 0.211. The third kappa shape index (κ3) is 3.23. The molecular formula is C18H25BrN2O. The molecule has 0 saturated carbocycles. The van der Waals surface area contributed by atoms with Crippen LogP contribution in [-0.2, 0) is 0 Å². The quantitative estimate of drug-likeness (QED) is 0.797. The Balaban J connectivity index is 1.67. The summed E-state index contributed by atoms with van der Waals surface area (Å²) < 4.78 is 1.05. The van der Waals surface area contributed by atoms with Gasteiger partial charge in [-0.2, -0.15) is 0 Å². The fourth-order valence-electron chi connectivity index (χ4n) is 3.95. The van der Waals surface area contributed by atoms with Gasteiger partial charge in [0.25, 0.3) is 5.91 Å². The van der Waals surface area contributed by atoms with E-state index in [0.29, 0.717) is 6.04 Å². The standard InChI is InChI=1S/C18H25BrN2O/c1-13-11-15(19)12-14(2)17(13)18(22)21-9-5-16(6-10-21)20-7-3-4-8-20/h11-12,16H,3-10H2,1-2H3. The molecule has 2 aliphatic rings. The number of carbonyl (C=O) groups is 1. The van der Waals surface area contributed by atoms with Crippen molar-refractivity contribution in [3.05, 3.63) is 33.3 Å². The molecule has 0 aromatic heterocycles. The molecule has 0 bridgehead atoms. The van der Waals surface area contributed by atoms with Crippen LogP contribution in [0.4, 0.5) is 0 Å². The Morgan fingerprint density at radius 3 is 2.14 bits per heavy atom. The fraction of sp³-hybridized carbons (Fsp3) is 0.611. The molecule has 2 aliphatic heterocycles. The van der Waals surface area contributed by atoms with E-state index in [2.05, 4.69) is 25.7 Å². The molecule has 0 atom stereocenters. The lowest BCUT2D eigenvalue weighted by Crippen LogP contribution is -2.46. The highest BCUT2D eigenvalue weighted by molar-refractivity contribution is 9.10. The van der Waals surface area contributed by atoms with Crippen molar-refractivity contribution >= 4 is 21.8 Å². The first kappa shape index (κ1) is 16.0. The molecule has 0 aliphatic carbocycles. The maximum absolute atomic E-state index is 12.9. The summed E-state index contributed by atoms with van der Waals surface area (Å²) in [6.07, 6.45) is 4.94. The summed E-state index contributed by atoms with van der Waals surface area (Å²) in [4.78, 5) is 17.6. The number of nitrogens with zero attached hydrogens (tertiary/aromatic N) is 2. The smallest absolute Gasteiger partial charge is 0.254 e. The minimum absolute atomic E-state index is 0.211. The second-order valence-corrected chi connectivity index (χ2v) is 7.60. The average Bonchev–Trinajstić information content (AvgIpc) is 3.00. The summed E-state index contributed by atoms with van der Waals surface area (Å²) in [6.45, 7) is 8.36. The van der Waals surface area contributed by atoms with Crippen molar-refractivity contribution in [2.45, 2.75) is 45.6 Å². The molecule has 3 rings (SSSR count). The molecule has 0 spiro atoms. The summed E-state index contributed by atoms with van der Waals surface area (Å²) in [6, 6.07) is 4.77. The summed E-state index contributed by atoms with van der Waals surface area (Å²) in [5, 5.41) is 0. The first-order valence-corrected chi connectivity index (χ1v) is 9.15. The minimum Gasteiger partial charge on any atom is -0.339 e. The van der Waals surface area contributed by atoms with Gasteiger partial charge in [0.1, 0.15) is 0 Å². The van der Waals surface area contributed by atoms with Crippen molar-refractivity contribution in [1.29, 1.82) is 0 Å². The number of hydrogen-bond donors (Lipinski definition) is 0. The number of benzene rings is 1. The molecule has 120 valence electrons. The Hall–Kier alpha value is -0.870. The zero-order valence-corrected chi connectivity index (χ0v) is 15.2. The van der Waals surface area contributed by atoms with Crippen LogP contribution >= 0.6 is 15.9 Å². The van der Waals surface area contributed by atoms with E-state index in [1.54, 1.807) is 0 Å². The number of amides is 1. The number of halogens is 1. The van der Waals surface area contributed by atoms with Gasteiger partial charge < -0.3 is 9.80 Å². The van der Waals surface area contributed by atoms with E-state index in [4.69, 9.17) is 0 Å². The van der Waals surface area contributed by atoms with E-state index in [1.165, 1.54) is 25.9 Å². The number of hydrogen-bond acceptors (Lipinski definition) is 2. The SMILES string of the molecule is Cc1cc(Br)cc(C)c1C(=O)N1CCC(N2CCCC2)CC1. The predicted octanol–water partition coefficient (Wildman–Crippen LogP) is 3.77. The van der Waals surface area contributed by atoms with Crippen LogP contribution in [0.3, 0.4) is 0 Å². The van der Waals surface area contributed by atoms with E-state index >= 15 is 0 Å². The first-order chi connectivity index (χ1) is 10.6. The van der Waals surface area contributed by atoms with E-state index < -0.39 is 0 Å². The molecule has 1 aromatic carbocycles. The second-order valence-electron chi connectivity index (χ2n) is 6.68. The van der Waals surface area contributed by atoms with Crippen LogP contribution in [0.2, 0.25) is 0 Å². The molecule has 22 heavy (non-hydrogen) atoms. The number of carbonyl (C=O) groups excluding carboxylic acids is 1. The van der Waals surface area contributed by atoms with Crippen molar-refractivity contribution in [3.63, 3.8) is 0 Å². The van der Waals surface area contributed by atoms with Gasteiger partial charge >= 0.3 is 0 Å². The van der Waals surface area contributed by atoms with Gasteiger partial charge in [-0.1, -0.05) is 15.9 Å². The summed E-state index contributed by atoms with van der Waals surface area (Å²) >= 11 is 3.51. The van der Waals surface area contributed by atoms with Gasteiger partial charge in [0, 0.05) is 29.2 Å². The zero-order chi connectivity index (χ0) is 15.7. The van der Waals surface area contributed by atoms with E-state index in [9.17, 15) is 4.79 Å². The lowest BCUT2D eigenvalue weighted by Gasteiger charge is -2.37. The number of piperidine rings is 1. The monoisotopic (exact) mass is 364 g/mol. The Bertz CT molecular complexity index is 535. The first-order valence-electron chi connectivity index (χ1n) is 8.36. The summed E-state index contributed by atoms with van der Waals surface area (Å²) in [5.41, 5.74) is 3.03. The van der Waals surface area contributed by atoms with Crippen LogP contribution in [0.25, 0.3) is 0 Å². The van der Waals surface area contributed by atoms with Crippen LogP contribution in [0.5, 0.6) is 0 Å². The molecule has 0 radical (unpaired) electrons. The zero-order valence-electron chi connectivity index (χ0n) is 13.6. The Labute approximate surface area is 141 Å². The van der Waals surface area contributed by atoms with Crippen LogP contribution in [0.1, 0.15) is 47.2 Å². The molecular weight excluding hydrogens is 340 g/mol. The molecule has 2 heterocycles. The van der Waals surface area contributed by atoms with Crippen molar-refractivity contribution in [2.75, 3.05) is 26.2 Å². The topological polar surface area (TPSA) is 23.6 Å². The van der Waals surface area contributed by atoms with E-state index in [0.717, 1.165) is 47.1 Å². The predicted molar refractivity (Wildman–Crippen MR) is 93.3 cm³/mol. The molecule has 1 amide bonds. The van der Waals surface area contributed by atoms with Gasteiger partial charge in [0.2, 0.25) is 0 Å². The number of aryl methyl sites for hydroxylation is 2. The van der Waals surface area contributed by atoms with Crippen LogP contribution in [-0.4, -0.2) is 47.9 Å². The van der Waals surface area contributed by atoms with Crippen molar-refractivity contribution in [1.82, 2.24) is 9.80 Å². The molecule has 1 aromatic rings.